The summed E-state index contributed by atoms with van der Waals surface area (Å²) in [5.74, 6) is 0.932. The molecular weight excluding hydrogens is 242 g/mol. The first-order valence-corrected chi connectivity index (χ1v) is 9.14. The maximum Gasteiger partial charge on any atom is 0.0132 e. The first kappa shape index (κ1) is 18.0. The lowest BCUT2D eigenvalue weighted by atomic mass is 9.74. The van der Waals surface area contributed by atoms with Crippen LogP contribution in [0.4, 0.5) is 0 Å². The van der Waals surface area contributed by atoms with Gasteiger partial charge < -0.3 is 5.32 Å². The molecule has 0 bridgehead atoms. The largest absolute Gasteiger partial charge is 0.307 e. The minimum atomic E-state index is 0.326. The minimum Gasteiger partial charge on any atom is -0.307 e. The van der Waals surface area contributed by atoms with Crippen LogP contribution in [0, 0.1) is 5.92 Å². The normalized spacial score (nSPS) is 22.1. The van der Waals surface area contributed by atoms with Gasteiger partial charge in [-0.15, -0.1) is 0 Å². The summed E-state index contributed by atoms with van der Waals surface area (Å²) in [6.45, 7) is 11.8. The van der Waals surface area contributed by atoms with Gasteiger partial charge in [0.1, 0.15) is 0 Å². The third-order valence-corrected chi connectivity index (χ3v) is 4.74. The Hall–Kier alpha value is -0.0400. The van der Waals surface area contributed by atoms with Crippen LogP contribution in [0.2, 0.25) is 0 Å². The SMILES string of the molecule is CCCCCCCCCCC1CC(C)(C)NC(C)(C)C1. The fourth-order valence-corrected chi connectivity index (χ4v) is 4.30. The monoisotopic (exact) mass is 281 g/mol. The molecule has 1 rings (SSSR count). The first-order chi connectivity index (χ1) is 9.35. The highest BCUT2D eigenvalue weighted by atomic mass is 15.0. The molecule has 1 aliphatic heterocycles. The van der Waals surface area contributed by atoms with Gasteiger partial charge in [0.25, 0.3) is 0 Å². The van der Waals surface area contributed by atoms with Crippen molar-refractivity contribution in [3.05, 3.63) is 0 Å². The second-order valence-corrected chi connectivity index (χ2v) is 8.43. The maximum atomic E-state index is 3.79. The predicted molar refractivity (Wildman–Crippen MR) is 91.2 cm³/mol. The highest BCUT2D eigenvalue weighted by molar-refractivity contribution is 4.96. The Morgan fingerprint density at radius 3 is 1.70 bits per heavy atom. The third-order valence-electron chi connectivity index (χ3n) is 4.74. The van der Waals surface area contributed by atoms with Gasteiger partial charge in [-0.05, 0) is 46.5 Å². The van der Waals surface area contributed by atoms with Crippen molar-refractivity contribution in [1.29, 1.82) is 0 Å². The Morgan fingerprint density at radius 1 is 0.750 bits per heavy atom. The number of hydrogen-bond acceptors (Lipinski definition) is 1. The lowest BCUT2D eigenvalue weighted by molar-refractivity contribution is 0.122. The summed E-state index contributed by atoms with van der Waals surface area (Å²) in [4.78, 5) is 0. The second kappa shape index (κ2) is 8.41. The molecule has 1 nitrogen and oxygen atoms in total. The minimum absolute atomic E-state index is 0.326. The summed E-state index contributed by atoms with van der Waals surface area (Å²) in [6, 6.07) is 0. The average Bonchev–Trinajstić information content (AvgIpc) is 2.28. The molecule has 120 valence electrons. The molecule has 0 amide bonds. The van der Waals surface area contributed by atoms with E-state index in [-0.39, 0.29) is 0 Å². The van der Waals surface area contributed by atoms with E-state index in [0.717, 1.165) is 5.92 Å². The summed E-state index contributed by atoms with van der Waals surface area (Å²) >= 11 is 0. The molecule has 0 radical (unpaired) electrons. The van der Waals surface area contributed by atoms with Gasteiger partial charge in [0.15, 0.2) is 0 Å². The van der Waals surface area contributed by atoms with Crippen molar-refractivity contribution in [2.45, 2.75) is 116 Å². The Labute approximate surface area is 128 Å². The molecule has 0 unspecified atom stereocenters. The Kier molecular flexibility index (Phi) is 7.58. The molecule has 1 heteroatoms. The van der Waals surface area contributed by atoms with Crippen LogP contribution >= 0.6 is 0 Å². The van der Waals surface area contributed by atoms with E-state index in [0.29, 0.717) is 11.1 Å². The van der Waals surface area contributed by atoms with E-state index in [1.165, 1.54) is 70.6 Å². The van der Waals surface area contributed by atoms with Gasteiger partial charge in [0.05, 0.1) is 0 Å². The first-order valence-electron chi connectivity index (χ1n) is 9.14. The van der Waals surface area contributed by atoms with Crippen LogP contribution in [-0.4, -0.2) is 11.1 Å². The summed E-state index contributed by atoms with van der Waals surface area (Å²) in [7, 11) is 0. The number of nitrogens with one attached hydrogen (secondary N) is 1. The quantitative estimate of drug-likeness (QED) is 0.505. The van der Waals surface area contributed by atoms with E-state index in [2.05, 4.69) is 39.9 Å². The Balaban J connectivity index is 2.09. The number of piperidine rings is 1. The molecule has 1 fully saturated rings. The lowest BCUT2D eigenvalue weighted by Crippen LogP contribution is -2.57. The fraction of sp³-hybridized carbons (Fsp3) is 1.00. The molecule has 0 spiro atoms. The van der Waals surface area contributed by atoms with Gasteiger partial charge in [0.2, 0.25) is 0 Å². The van der Waals surface area contributed by atoms with Crippen LogP contribution in [0.15, 0.2) is 0 Å². The average molecular weight is 282 g/mol. The molecule has 1 heterocycles. The molecule has 1 N–H and O–H groups in total. The van der Waals surface area contributed by atoms with E-state index < -0.39 is 0 Å². The van der Waals surface area contributed by atoms with Gasteiger partial charge >= 0.3 is 0 Å². The van der Waals surface area contributed by atoms with Crippen molar-refractivity contribution in [3.8, 4) is 0 Å². The van der Waals surface area contributed by atoms with Crippen LogP contribution < -0.4 is 5.32 Å². The summed E-state index contributed by atoms with van der Waals surface area (Å²) < 4.78 is 0. The van der Waals surface area contributed by atoms with Gasteiger partial charge in [-0.1, -0.05) is 64.7 Å². The fourth-order valence-electron chi connectivity index (χ4n) is 4.30. The van der Waals surface area contributed by atoms with Crippen molar-refractivity contribution >= 4 is 0 Å². The zero-order valence-corrected chi connectivity index (χ0v) is 14.9. The summed E-state index contributed by atoms with van der Waals surface area (Å²) in [5, 5.41) is 3.79. The molecule has 0 aromatic heterocycles. The van der Waals surface area contributed by atoms with Crippen LogP contribution in [0.25, 0.3) is 0 Å². The molecular formula is C19H39N. The van der Waals surface area contributed by atoms with Gasteiger partial charge in [-0.25, -0.2) is 0 Å². The topological polar surface area (TPSA) is 12.0 Å². The van der Waals surface area contributed by atoms with Crippen molar-refractivity contribution < 1.29 is 0 Å². The van der Waals surface area contributed by atoms with Crippen molar-refractivity contribution in [2.75, 3.05) is 0 Å². The molecule has 20 heavy (non-hydrogen) atoms. The van der Waals surface area contributed by atoms with E-state index in [9.17, 15) is 0 Å². The second-order valence-electron chi connectivity index (χ2n) is 8.43. The molecule has 0 aromatic carbocycles. The zero-order valence-electron chi connectivity index (χ0n) is 14.9. The Bertz CT molecular complexity index is 238. The number of unbranched alkanes of at least 4 members (excludes halogenated alkanes) is 7. The van der Waals surface area contributed by atoms with Crippen LogP contribution in [0.3, 0.4) is 0 Å². The van der Waals surface area contributed by atoms with Crippen LogP contribution in [0.5, 0.6) is 0 Å². The molecule has 0 aliphatic carbocycles. The number of hydrogen-bond donors (Lipinski definition) is 1. The highest BCUT2D eigenvalue weighted by Crippen LogP contribution is 2.35. The summed E-state index contributed by atoms with van der Waals surface area (Å²) in [6.07, 6.45) is 15.7. The molecule has 0 saturated carbocycles. The zero-order chi connectivity index (χ0) is 15.1. The lowest BCUT2D eigenvalue weighted by Gasteiger charge is -2.46. The summed E-state index contributed by atoms with van der Waals surface area (Å²) in [5.41, 5.74) is 0.652. The Morgan fingerprint density at radius 2 is 1.20 bits per heavy atom. The van der Waals surface area contributed by atoms with E-state index in [1.54, 1.807) is 0 Å². The van der Waals surface area contributed by atoms with E-state index in [4.69, 9.17) is 0 Å². The van der Waals surface area contributed by atoms with Crippen LogP contribution in [0.1, 0.15) is 105 Å². The molecule has 1 saturated heterocycles. The number of rotatable bonds is 9. The van der Waals surface area contributed by atoms with Crippen molar-refractivity contribution in [3.63, 3.8) is 0 Å². The smallest absolute Gasteiger partial charge is 0.0132 e. The molecule has 1 aliphatic rings. The standard InChI is InChI=1S/C19H39N/c1-6-7-8-9-10-11-12-13-14-17-15-18(2,3)20-19(4,5)16-17/h17,20H,6-16H2,1-5H3. The van der Waals surface area contributed by atoms with Crippen molar-refractivity contribution in [2.24, 2.45) is 5.92 Å². The molecule has 0 aromatic rings. The van der Waals surface area contributed by atoms with E-state index in [1.807, 2.05) is 0 Å². The maximum absolute atomic E-state index is 3.79. The van der Waals surface area contributed by atoms with Gasteiger partial charge in [-0.2, -0.15) is 0 Å². The van der Waals surface area contributed by atoms with E-state index >= 15 is 0 Å². The predicted octanol–water partition coefficient (Wildman–Crippen LogP) is 6.07. The van der Waals surface area contributed by atoms with Gasteiger partial charge in [0, 0.05) is 11.1 Å². The highest BCUT2D eigenvalue weighted by Gasteiger charge is 2.36. The third kappa shape index (κ3) is 7.67. The van der Waals surface area contributed by atoms with Crippen LogP contribution in [-0.2, 0) is 0 Å². The van der Waals surface area contributed by atoms with Gasteiger partial charge in [-0.3, -0.25) is 0 Å². The molecule has 0 atom stereocenters. The van der Waals surface area contributed by atoms with Crippen molar-refractivity contribution in [1.82, 2.24) is 5.32 Å².